The summed E-state index contributed by atoms with van der Waals surface area (Å²) < 4.78 is 37.3. The molecule has 3 aromatic rings. The largest absolute Gasteiger partial charge is 0.454 e. The van der Waals surface area contributed by atoms with Crippen molar-refractivity contribution in [1.82, 2.24) is 10.2 Å². The number of carbonyl (C=O) groups is 2. The van der Waals surface area contributed by atoms with Crippen molar-refractivity contribution in [1.29, 1.82) is 0 Å². The Morgan fingerprint density at radius 2 is 1.68 bits per heavy atom. The van der Waals surface area contributed by atoms with Gasteiger partial charge in [0.15, 0.2) is 11.5 Å². The van der Waals surface area contributed by atoms with Gasteiger partial charge in [-0.3, -0.25) is 13.9 Å². The maximum Gasteiger partial charge on any atom is 0.242 e. The Morgan fingerprint density at radius 3 is 2.37 bits per heavy atom. The summed E-state index contributed by atoms with van der Waals surface area (Å²) in [6.07, 6.45) is 1.61. The van der Waals surface area contributed by atoms with E-state index in [2.05, 4.69) is 5.32 Å². The van der Waals surface area contributed by atoms with Gasteiger partial charge in [0.25, 0.3) is 0 Å². The maximum atomic E-state index is 13.8. The van der Waals surface area contributed by atoms with Gasteiger partial charge in [0.2, 0.25) is 28.6 Å². The van der Waals surface area contributed by atoms with E-state index in [1.54, 1.807) is 36.4 Å². The van der Waals surface area contributed by atoms with Crippen LogP contribution in [0.3, 0.4) is 0 Å². The fourth-order valence-electron chi connectivity index (χ4n) is 4.60. The normalized spacial score (nSPS) is 13.0. The van der Waals surface area contributed by atoms with Crippen LogP contribution in [0.5, 0.6) is 11.5 Å². The van der Waals surface area contributed by atoms with Crippen LogP contribution in [0.2, 0.25) is 10.0 Å². The number of sulfonamides is 1. The second-order valence-corrected chi connectivity index (χ2v) is 12.3. The number of halogens is 2. The molecule has 0 aliphatic carbocycles. The summed E-state index contributed by atoms with van der Waals surface area (Å²) in [5.74, 6) is 0.364. The van der Waals surface area contributed by atoms with Crippen LogP contribution in [0.15, 0.2) is 66.7 Å². The first-order valence-corrected chi connectivity index (χ1v) is 15.5. The van der Waals surface area contributed by atoms with Crippen molar-refractivity contribution in [3.8, 4) is 11.5 Å². The standard InChI is InChI=1S/C29H31Cl2N3O6S/c1-32-29(36)25(16-20-7-4-3-5-8-20)33(18-21-10-12-23(30)24(31)15-21)28(35)9-6-14-34(41(2,37)38)22-11-13-26-27(17-22)40-19-39-26/h3-5,7-8,10-13,15,17,25H,6,9,14,16,18-19H2,1-2H3,(H,32,36)/t25-/m0/s1. The van der Waals surface area contributed by atoms with Crippen LogP contribution in [-0.2, 0) is 32.6 Å². The summed E-state index contributed by atoms with van der Waals surface area (Å²) in [7, 11) is -2.14. The highest BCUT2D eigenvalue weighted by molar-refractivity contribution is 7.92. The molecule has 12 heteroatoms. The van der Waals surface area contributed by atoms with E-state index in [4.69, 9.17) is 32.7 Å². The fraction of sp³-hybridized carbons (Fsp3) is 0.310. The lowest BCUT2D eigenvalue weighted by Crippen LogP contribution is -2.49. The van der Waals surface area contributed by atoms with Crippen molar-refractivity contribution in [3.63, 3.8) is 0 Å². The number of benzene rings is 3. The van der Waals surface area contributed by atoms with E-state index in [0.717, 1.165) is 11.8 Å². The van der Waals surface area contributed by atoms with Gasteiger partial charge in [-0.15, -0.1) is 0 Å². The third-order valence-electron chi connectivity index (χ3n) is 6.65. The number of nitrogens with zero attached hydrogens (tertiary/aromatic N) is 2. The van der Waals surface area contributed by atoms with E-state index in [1.807, 2.05) is 30.3 Å². The van der Waals surface area contributed by atoms with Crippen LogP contribution in [0, 0.1) is 0 Å². The van der Waals surface area contributed by atoms with E-state index in [9.17, 15) is 18.0 Å². The van der Waals surface area contributed by atoms with Gasteiger partial charge in [0, 0.05) is 39.0 Å². The topological polar surface area (TPSA) is 105 Å². The molecule has 0 radical (unpaired) electrons. The van der Waals surface area contributed by atoms with Crippen LogP contribution in [0.4, 0.5) is 5.69 Å². The molecule has 0 fully saturated rings. The van der Waals surface area contributed by atoms with E-state index in [0.29, 0.717) is 39.2 Å². The third-order valence-corrected chi connectivity index (χ3v) is 8.58. The number of amides is 2. The van der Waals surface area contributed by atoms with Crippen molar-refractivity contribution < 1.29 is 27.5 Å². The third kappa shape index (κ3) is 7.84. The molecule has 1 aliphatic heterocycles. The first-order chi connectivity index (χ1) is 19.6. The first-order valence-electron chi connectivity index (χ1n) is 12.9. The molecule has 0 saturated carbocycles. The van der Waals surface area contributed by atoms with Crippen LogP contribution < -0.4 is 19.1 Å². The van der Waals surface area contributed by atoms with Gasteiger partial charge in [-0.2, -0.15) is 0 Å². The molecule has 41 heavy (non-hydrogen) atoms. The Balaban J connectivity index is 1.56. The van der Waals surface area contributed by atoms with Crippen molar-refractivity contribution in [3.05, 3.63) is 87.9 Å². The SMILES string of the molecule is CNC(=O)[C@H](Cc1ccccc1)N(Cc1ccc(Cl)c(Cl)c1)C(=O)CCCN(c1ccc2c(c1)OCO2)S(C)(=O)=O. The van der Waals surface area contributed by atoms with Gasteiger partial charge < -0.3 is 19.7 Å². The average Bonchev–Trinajstić information content (AvgIpc) is 3.42. The minimum absolute atomic E-state index is 0.000176. The minimum Gasteiger partial charge on any atom is -0.454 e. The van der Waals surface area contributed by atoms with Crippen molar-refractivity contribution in [2.75, 3.05) is 30.9 Å². The molecule has 0 saturated heterocycles. The molecular formula is C29H31Cl2N3O6S. The molecule has 1 N–H and O–H groups in total. The molecule has 0 unspecified atom stereocenters. The van der Waals surface area contributed by atoms with Gasteiger partial charge in [0.1, 0.15) is 6.04 Å². The zero-order valence-corrected chi connectivity index (χ0v) is 25.0. The number of nitrogens with one attached hydrogen (secondary N) is 1. The van der Waals surface area contributed by atoms with E-state index >= 15 is 0 Å². The predicted octanol–water partition coefficient (Wildman–Crippen LogP) is 4.65. The molecule has 4 rings (SSSR count). The Bertz CT molecular complexity index is 1500. The van der Waals surface area contributed by atoms with Gasteiger partial charge in [0.05, 0.1) is 22.0 Å². The van der Waals surface area contributed by atoms with Crippen LogP contribution in [-0.4, -0.2) is 57.8 Å². The lowest BCUT2D eigenvalue weighted by Gasteiger charge is -2.31. The van der Waals surface area contributed by atoms with E-state index in [1.165, 1.54) is 16.3 Å². The van der Waals surface area contributed by atoms with Crippen molar-refractivity contribution in [2.24, 2.45) is 0 Å². The Kier molecular flexibility index (Phi) is 10.0. The average molecular weight is 621 g/mol. The zero-order valence-electron chi connectivity index (χ0n) is 22.7. The first kappa shape index (κ1) is 30.5. The number of hydrogen-bond donors (Lipinski definition) is 1. The lowest BCUT2D eigenvalue weighted by atomic mass is 10.0. The molecule has 1 aliphatic rings. The number of likely N-dealkylation sites (N-methyl/N-ethyl adjacent to an activating group) is 1. The second-order valence-electron chi connectivity index (χ2n) is 9.57. The number of hydrogen-bond acceptors (Lipinski definition) is 6. The van der Waals surface area contributed by atoms with Gasteiger partial charge >= 0.3 is 0 Å². The molecule has 1 heterocycles. The summed E-state index contributed by atoms with van der Waals surface area (Å²) >= 11 is 12.3. The van der Waals surface area contributed by atoms with Crippen LogP contribution in [0.25, 0.3) is 0 Å². The summed E-state index contributed by atoms with van der Waals surface area (Å²) in [4.78, 5) is 28.4. The van der Waals surface area contributed by atoms with Gasteiger partial charge in [-0.05, 0) is 41.8 Å². The lowest BCUT2D eigenvalue weighted by molar-refractivity contribution is -0.141. The highest BCUT2D eigenvalue weighted by Crippen LogP contribution is 2.36. The Labute approximate surface area is 250 Å². The van der Waals surface area contributed by atoms with E-state index in [-0.39, 0.29) is 44.5 Å². The maximum absolute atomic E-state index is 13.8. The number of anilines is 1. The molecule has 3 aromatic carbocycles. The minimum atomic E-state index is -3.66. The smallest absolute Gasteiger partial charge is 0.242 e. The Hall–Kier alpha value is -3.47. The summed E-state index contributed by atoms with van der Waals surface area (Å²) in [6.45, 7) is 0.225. The molecule has 0 bridgehead atoms. The summed E-state index contributed by atoms with van der Waals surface area (Å²) in [6, 6.07) is 18.5. The molecular weight excluding hydrogens is 589 g/mol. The number of ether oxygens (including phenoxy) is 2. The summed E-state index contributed by atoms with van der Waals surface area (Å²) in [5.41, 5.74) is 2.00. The monoisotopic (exact) mass is 619 g/mol. The molecule has 2 amide bonds. The molecule has 1 atom stereocenters. The van der Waals surface area contributed by atoms with Gasteiger partial charge in [-0.1, -0.05) is 59.6 Å². The predicted molar refractivity (Wildman–Crippen MR) is 159 cm³/mol. The van der Waals surface area contributed by atoms with Crippen molar-refractivity contribution >= 4 is 50.7 Å². The van der Waals surface area contributed by atoms with Crippen molar-refractivity contribution in [2.45, 2.75) is 31.8 Å². The molecule has 9 nitrogen and oxygen atoms in total. The van der Waals surface area contributed by atoms with Crippen LogP contribution in [0.1, 0.15) is 24.0 Å². The molecule has 0 spiro atoms. The zero-order chi connectivity index (χ0) is 29.6. The quantitative estimate of drug-likeness (QED) is 0.316. The molecule has 0 aromatic heterocycles. The Morgan fingerprint density at radius 1 is 0.951 bits per heavy atom. The number of rotatable bonds is 12. The highest BCUT2D eigenvalue weighted by Gasteiger charge is 2.30. The second kappa shape index (κ2) is 13.5. The number of carbonyl (C=O) groups excluding carboxylic acids is 2. The van der Waals surface area contributed by atoms with Gasteiger partial charge in [-0.25, -0.2) is 8.42 Å². The molecule has 218 valence electrons. The van der Waals surface area contributed by atoms with E-state index < -0.39 is 16.1 Å². The highest BCUT2D eigenvalue weighted by atomic mass is 35.5. The van der Waals surface area contributed by atoms with Crippen LogP contribution >= 0.6 is 23.2 Å². The number of fused-ring (bicyclic) bond motifs is 1. The summed E-state index contributed by atoms with van der Waals surface area (Å²) in [5, 5.41) is 3.39. The fourth-order valence-corrected chi connectivity index (χ4v) is 5.88.